The molecule has 0 bridgehead atoms. The number of hydrogen-bond donors (Lipinski definition) is 2. The molecule has 1 aromatic rings. The van der Waals surface area contributed by atoms with Gasteiger partial charge in [-0.3, -0.25) is 9.69 Å². The fraction of sp³-hybridized carbons (Fsp3) is 0.744. The molecule has 1 aromatic carbocycles. The van der Waals surface area contributed by atoms with Gasteiger partial charge in [0.2, 0.25) is 5.91 Å². The highest BCUT2D eigenvalue weighted by Gasteiger charge is 2.66. The van der Waals surface area contributed by atoms with Crippen LogP contribution < -0.4 is 5.32 Å². The first-order valence-electron chi connectivity index (χ1n) is 18.6. The van der Waals surface area contributed by atoms with E-state index in [-0.39, 0.29) is 44.6 Å². The second-order valence-electron chi connectivity index (χ2n) is 17.5. The maximum Gasteiger partial charge on any atom is 0.335 e. The zero-order valence-electron chi connectivity index (χ0n) is 29.3. The molecule has 48 heavy (non-hydrogen) atoms. The highest BCUT2D eigenvalue weighted by Crippen LogP contribution is 2.73. The lowest BCUT2D eigenvalue weighted by Crippen LogP contribution is -2.62. The van der Waals surface area contributed by atoms with E-state index in [1.165, 1.54) is 18.9 Å². The number of halogens is 1. The lowest BCUT2D eigenvalue weighted by atomic mass is 9.36. The standard InChI is InChI=1S/C39H55FN2O5S/c1-36(2)28(27-8-7-25(34(43)44)24-31(27)40)11-15-38(4)32(36)13-16-37(3)29-12-17-39(14-5-6-30(39)26(29)9-10-33(37)38)35(45)41-18-19-42-20-22-48(46,47)23-21-42/h7-8,11,24,26,29-30,32-33H,5-6,9-10,12-23H2,1-4H3,(H,41,45)(H,43,44)/t26-,29?,30?,32?,33?,37-,38-,39-/m0/s1. The van der Waals surface area contributed by atoms with Crippen LogP contribution in [0.25, 0.3) is 5.57 Å². The Labute approximate surface area is 286 Å². The van der Waals surface area contributed by atoms with Crippen LogP contribution >= 0.6 is 0 Å². The third-order valence-corrected chi connectivity index (χ3v) is 16.8. The zero-order valence-corrected chi connectivity index (χ0v) is 30.1. The Bertz CT molecular complexity index is 1610. The summed E-state index contributed by atoms with van der Waals surface area (Å²) >= 11 is 0. The maximum absolute atomic E-state index is 15.4. The number of sulfone groups is 1. The molecule has 4 saturated carbocycles. The van der Waals surface area contributed by atoms with Crippen molar-refractivity contribution in [3.05, 3.63) is 41.2 Å². The first-order chi connectivity index (χ1) is 22.6. The van der Waals surface area contributed by atoms with E-state index in [0.717, 1.165) is 63.0 Å². The van der Waals surface area contributed by atoms with Gasteiger partial charge in [0.15, 0.2) is 9.84 Å². The zero-order chi connectivity index (χ0) is 34.3. The molecular weight excluding hydrogens is 628 g/mol. The van der Waals surface area contributed by atoms with Gasteiger partial charge in [0.1, 0.15) is 5.82 Å². The van der Waals surface area contributed by atoms with Crippen molar-refractivity contribution < 1.29 is 27.5 Å². The molecule has 4 unspecified atom stereocenters. The molecule has 264 valence electrons. The fourth-order valence-corrected chi connectivity index (χ4v) is 14.3. The largest absolute Gasteiger partial charge is 0.478 e. The van der Waals surface area contributed by atoms with Crippen LogP contribution in [0.3, 0.4) is 0 Å². The molecule has 9 heteroatoms. The number of nitrogens with one attached hydrogen (secondary N) is 1. The van der Waals surface area contributed by atoms with Crippen LogP contribution in [0.5, 0.6) is 0 Å². The number of hydrogen-bond acceptors (Lipinski definition) is 5. The third kappa shape index (κ3) is 5.30. The van der Waals surface area contributed by atoms with E-state index in [0.29, 0.717) is 61.3 Å². The van der Waals surface area contributed by atoms with Gasteiger partial charge < -0.3 is 10.4 Å². The lowest BCUT2D eigenvalue weighted by molar-refractivity contribution is -0.181. The molecule has 8 atom stereocenters. The van der Waals surface area contributed by atoms with Crippen LogP contribution in [0.4, 0.5) is 4.39 Å². The summed E-state index contributed by atoms with van der Waals surface area (Å²) in [5.74, 6) is 1.70. The van der Waals surface area contributed by atoms with Crippen LogP contribution in [0.1, 0.15) is 108 Å². The lowest BCUT2D eigenvalue weighted by Gasteiger charge is -2.68. The number of carbonyl (C=O) groups is 2. The number of aromatic carboxylic acids is 1. The molecule has 0 spiro atoms. The number of carboxylic acid groups (broad SMARTS) is 1. The van der Waals surface area contributed by atoms with E-state index in [1.54, 1.807) is 6.07 Å². The number of carbonyl (C=O) groups excluding carboxylic acids is 1. The first-order valence-corrected chi connectivity index (χ1v) is 20.4. The van der Waals surface area contributed by atoms with Crippen LogP contribution in [-0.4, -0.2) is 68.0 Å². The number of fused-ring (bicyclic) bond motifs is 7. The Hall–Kier alpha value is -2.26. The van der Waals surface area contributed by atoms with Gasteiger partial charge in [-0.2, -0.15) is 0 Å². The molecule has 6 aliphatic rings. The van der Waals surface area contributed by atoms with Gasteiger partial charge in [-0.1, -0.05) is 46.3 Å². The van der Waals surface area contributed by atoms with Crippen molar-refractivity contribution in [3.63, 3.8) is 0 Å². The van der Waals surface area contributed by atoms with E-state index in [9.17, 15) is 23.1 Å². The van der Waals surface area contributed by atoms with Gasteiger partial charge >= 0.3 is 5.97 Å². The summed E-state index contributed by atoms with van der Waals surface area (Å²) in [6, 6.07) is 4.36. The molecule has 1 aliphatic heterocycles. The molecule has 0 radical (unpaired) electrons. The van der Waals surface area contributed by atoms with E-state index >= 15 is 4.39 Å². The summed E-state index contributed by atoms with van der Waals surface area (Å²) in [5, 5.41) is 12.7. The normalized spacial score (nSPS) is 40.0. The number of nitrogens with zero attached hydrogens (tertiary/aromatic N) is 1. The van der Waals surface area contributed by atoms with Gasteiger partial charge in [-0.15, -0.1) is 0 Å². The van der Waals surface area contributed by atoms with Crippen molar-refractivity contribution in [1.29, 1.82) is 0 Å². The number of rotatable bonds is 6. The van der Waals surface area contributed by atoms with E-state index in [2.05, 4.69) is 44.0 Å². The molecule has 2 N–H and O–H groups in total. The van der Waals surface area contributed by atoms with Crippen molar-refractivity contribution in [2.24, 2.45) is 51.2 Å². The van der Waals surface area contributed by atoms with Crippen LogP contribution in [-0.2, 0) is 14.6 Å². The number of benzene rings is 1. The number of allylic oxidation sites excluding steroid dienone is 2. The quantitative estimate of drug-likeness (QED) is 0.341. The van der Waals surface area contributed by atoms with Crippen LogP contribution in [0, 0.1) is 57.1 Å². The number of carboxylic acids is 1. The molecule has 1 amide bonds. The second kappa shape index (κ2) is 11.9. The van der Waals surface area contributed by atoms with Gasteiger partial charge in [0.05, 0.1) is 22.5 Å². The topological polar surface area (TPSA) is 104 Å². The summed E-state index contributed by atoms with van der Waals surface area (Å²) < 4.78 is 39.0. The first kappa shape index (κ1) is 34.2. The highest BCUT2D eigenvalue weighted by atomic mass is 32.2. The predicted molar refractivity (Wildman–Crippen MR) is 185 cm³/mol. The molecule has 1 heterocycles. The highest BCUT2D eigenvalue weighted by molar-refractivity contribution is 7.91. The van der Waals surface area contributed by atoms with Crippen molar-refractivity contribution in [2.45, 2.75) is 91.9 Å². The average Bonchev–Trinajstić information content (AvgIpc) is 3.48. The number of amides is 1. The van der Waals surface area contributed by atoms with Gasteiger partial charge in [-0.05, 0) is 121 Å². The SMILES string of the molecule is CC1(C)C(c2ccc(C(=O)O)cc2F)=CC[C@@]2(C)C1CC[C@@]1(C)C3CC[C@@]4(C(=O)NCCN5CCS(=O)(=O)CC5)CCCC4[C@H]3CCC12. The molecular formula is C39H55FN2O5S. The van der Waals surface area contributed by atoms with E-state index < -0.39 is 21.6 Å². The van der Waals surface area contributed by atoms with Gasteiger partial charge in [0, 0.05) is 31.7 Å². The van der Waals surface area contributed by atoms with Crippen molar-refractivity contribution >= 4 is 27.3 Å². The Kier molecular flexibility index (Phi) is 8.49. The summed E-state index contributed by atoms with van der Waals surface area (Å²) in [6.45, 7) is 12.0. The Balaban J connectivity index is 1.08. The van der Waals surface area contributed by atoms with Crippen LogP contribution in [0.15, 0.2) is 24.3 Å². The molecule has 7 rings (SSSR count). The Morgan fingerprint density at radius 3 is 2.40 bits per heavy atom. The van der Waals surface area contributed by atoms with Crippen LogP contribution in [0.2, 0.25) is 0 Å². The molecule has 0 aromatic heterocycles. The fourth-order valence-electron chi connectivity index (χ4n) is 13.0. The van der Waals surface area contributed by atoms with E-state index in [4.69, 9.17) is 0 Å². The summed E-state index contributed by atoms with van der Waals surface area (Å²) in [5.41, 5.74) is 1.33. The van der Waals surface area contributed by atoms with Crippen molar-refractivity contribution in [1.82, 2.24) is 10.2 Å². The Morgan fingerprint density at radius 2 is 1.69 bits per heavy atom. The smallest absolute Gasteiger partial charge is 0.335 e. The maximum atomic E-state index is 15.4. The third-order valence-electron chi connectivity index (χ3n) is 15.2. The summed E-state index contributed by atoms with van der Waals surface area (Å²) in [6.07, 6.45) is 13.1. The predicted octanol–water partition coefficient (Wildman–Crippen LogP) is 6.83. The van der Waals surface area contributed by atoms with Crippen molar-refractivity contribution in [2.75, 3.05) is 37.7 Å². The molecule has 5 aliphatic carbocycles. The minimum atomic E-state index is -2.91. The molecule has 5 fully saturated rings. The van der Waals surface area contributed by atoms with Gasteiger partial charge in [0.25, 0.3) is 0 Å². The molecule has 1 saturated heterocycles. The van der Waals surface area contributed by atoms with E-state index in [1.807, 2.05) is 0 Å². The summed E-state index contributed by atoms with van der Waals surface area (Å²) in [4.78, 5) is 27.7. The molecule has 7 nitrogen and oxygen atoms in total. The van der Waals surface area contributed by atoms with Gasteiger partial charge in [-0.25, -0.2) is 17.6 Å². The minimum Gasteiger partial charge on any atom is -0.478 e. The van der Waals surface area contributed by atoms with Crippen molar-refractivity contribution in [3.8, 4) is 0 Å². The monoisotopic (exact) mass is 682 g/mol. The minimum absolute atomic E-state index is 0.0197. The Morgan fingerprint density at radius 1 is 0.938 bits per heavy atom. The second-order valence-corrected chi connectivity index (χ2v) is 19.8. The average molecular weight is 683 g/mol. The summed E-state index contributed by atoms with van der Waals surface area (Å²) in [7, 11) is -2.91.